The molecule has 2 aliphatic rings. The predicted molar refractivity (Wildman–Crippen MR) is 109 cm³/mol. The van der Waals surface area contributed by atoms with Crippen LogP contribution in [0.4, 0.5) is 5.69 Å². The molecule has 0 aliphatic carbocycles. The minimum Gasteiger partial charge on any atom is -0.367 e. The zero-order valence-corrected chi connectivity index (χ0v) is 17.0. The van der Waals surface area contributed by atoms with Gasteiger partial charge in [-0.05, 0) is 43.2 Å². The van der Waals surface area contributed by atoms with Gasteiger partial charge in [0.1, 0.15) is 0 Å². The van der Waals surface area contributed by atoms with Gasteiger partial charge in [-0.3, -0.25) is 4.79 Å². The van der Waals surface area contributed by atoms with Crippen LogP contribution in [0, 0.1) is 13.8 Å². The number of benzene rings is 2. The fourth-order valence-electron chi connectivity index (χ4n) is 4.03. The Morgan fingerprint density at radius 3 is 2.43 bits per heavy atom. The Bertz CT molecular complexity index is 978. The fraction of sp³-hybridized carbons (Fsp3) is 0.381. The molecule has 2 aromatic rings. The van der Waals surface area contributed by atoms with E-state index in [4.69, 9.17) is 0 Å². The third kappa shape index (κ3) is 3.40. The van der Waals surface area contributed by atoms with E-state index in [2.05, 4.69) is 36.9 Å². The van der Waals surface area contributed by atoms with Gasteiger partial charge in [0, 0.05) is 31.9 Å². The van der Waals surface area contributed by atoms with Crippen molar-refractivity contribution in [3.05, 3.63) is 59.7 Å². The van der Waals surface area contributed by atoms with Crippen LogP contribution in [0.25, 0.3) is 0 Å². The zero-order valence-electron chi connectivity index (χ0n) is 16.2. The van der Waals surface area contributed by atoms with Crippen molar-refractivity contribution in [1.82, 2.24) is 9.21 Å². The molecule has 3 atom stereocenters. The quantitative estimate of drug-likeness (QED) is 0.570. The Morgan fingerprint density at radius 2 is 1.71 bits per heavy atom. The number of carbonyl (C=O) groups excluding carboxylic acids is 1. The van der Waals surface area contributed by atoms with E-state index in [1.807, 2.05) is 0 Å². The van der Waals surface area contributed by atoms with E-state index in [1.54, 1.807) is 35.2 Å². The average molecular weight is 400 g/mol. The lowest BCUT2D eigenvalue weighted by Gasteiger charge is -2.41. The lowest BCUT2D eigenvalue weighted by molar-refractivity contribution is -0.120. The minimum absolute atomic E-state index is 0.148. The highest BCUT2D eigenvalue weighted by Crippen LogP contribution is 2.34. The van der Waals surface area contributed by atoms with Crippen LogP contribution in [0.1, 0.15) is 11.1 Å². The summed E-state index contributed by atoms with van der Waals surface area (Å²) >= 11 is 0. The molecule has 148 valence electrons. The Balaban J connectivity index is 1.56. The SMILES string of the molecule is Cc1ccc(C)c(N2CCN(C=O)C(C3CN3S(=O)(=O)c3ccccc3)C2)c1. The molecular formula is C21H25N3O3S. The molecule has 7 heteroatoms. The van der Waals surface area contributed by atoms with Gasteiger partial charge >= 0.3 is 0 Å². The van der Waals surface area contributed by atoms with Crippen molar-refractivity contribution in [1.29, 1.82) is 0 Å². The number of hydrogen-bond acceptors (Lipinski definition) is 4. The zero-order chi connectivity index (χ0) is 19.9. The molecule has 2 aromatic carbocycles. The second-order valence-corrected chi connectivity index (χ2v) is 9.49. The molecule has 2 saturated heterocycles. The number of hydrogen-bond donors (Lipinski definition) is 0. The summed E-state index contributed by atoms with van der Waals surface area (Å²) in [6.45, 7) is 6.58. The molecule has 28 heavy (non-hydrogen) atoms. The molecule has 1 amide bonds. The van der Waals surface area contributed by atoms with Crippen molar-refractivity contribution < 1.29 is 13.2 Å². The molecule has 0 radical (unpaired) electrons. The topological polar surface area (TPSA) is 60.7 Å². The van der Waals surface area contributed by atoms with Crippen molar-refractivity contribution >= 4 is 22.1 Å². The van der Waals surface area contributed by atoms with E-state index in [9.17, 15) is 13.2 Å². The highest BCUT2D eigenvalue weighted by atomic mass is 32.2. The van der Waals surface area contributed by atoms with Gasteiger partial charge in [0.15, 0.2) is 0 Å². The van der Waals surface area contributed by atoms with Gasteiger partial charge in [0.2, 0.25) is 16.4 Å². The van der Waals surface area contributed by atoms with Gasteiger partial charge in [0.25, 0.3) is 0 Å². The standard InChI is InChI=1S/C21H25N3O3S/c1-16-8-9-17(2)19(12-16)22-10-11-23(15-25)20(13-22)21-14-24(21)28(26,27)18-6-4-3-5-7-18/h3-9,12,15,20-21H,10-11,13-14H2,1-2H3. The molecule has 2 fully saturated rings. The van der Waals surface area contributed by atoms with E-state index < -0.39 is 10.0 Å². The number of anilines is 1. The van der Waals surface area contributed by atoms with Crippen LogP contribution in [-0.2, 0) is 14.8 Å². The highest BCUT2D eigenvalue weighted by Gasteiger charge is 2.51. The molecule has 3 unspecified atom stereocenters. The Morgan fingerprint density at radius 1 is 0.964 bits per heavy atom. The van der Waals surface area contributed by atoms with Crippen LogP contribution in [-0.4, -0.2) is 62.3 Å². The molecule has 0 bridgehead atoms. The molecule has 0 spiro atoms. The second kappa shape index (κ2) is 7.22. The van der Waals surface area contributed by atoms with E-state index >= 15 is 0 Å². The van der Waals surface area contributed by atoms with Crippen LogP contribution in [0.2, 0.25) is 0 Å². The number of carbonyl (C=O) groups is 1. The van der Waals surface area contributed by atoms with E-state index in [0.29, 0.717) is 24.5 Å². The van der Waals surface area contributed by atoms with Crippen molar-refractivity contribution in [3.8, 4) is 0 Å². The molecule has 0 saturated carbocycles. The number of sulfonamides is 1. The van der Waals surface area contributed by atoms with E-state index in [1.165, 1.54) is 15.4 Å². The maximum absolute atomic E-state index is 12.9. The summed E-state index contributed by atoms with van der Waals surface area (Å²) in [6, 6.07) is 14.5. The number of piperazine rings is 1. The average Bonchev–Trinajstić information content (AvgIpc) is 3.51. The summed E-state index contributed by atoms with van der Waals surface area (Å²) in [5.41, 5.74) is 3.54. The van der Waals surface area contributed by atoms with Gasteiger partial charge in [-0.2, -0.15) is 4.31 Å². The Labute approximate surface area is 166 Å². The van der Waals surface area contributed by atoms with Crippen molar-refractivity contribution in [3.63, 3.8) is 0 Å². The number of nitrogens with zero attached hydrogens (tertiary/aromatic N) is 3. The van der Waals surface area contributed by atoms with Crippen LogP contribution in [0.3, 0.4) is 0 Å². The molecule has 2 heterocycles. The normalized spacial score (nSPS) is 24.9. The highest BCUT2D eigenvalue weighted by molar-refractivity contribution is 7.89. The number of amides is 1. The summed E-state index contributed by atoms with van der Waals surface area (Å²) in [5.74, 6) is 0. The number of rotatable bonds is 5. The Hall–Kier alpha value is -2.38. The van der Waals surface area contributed by atoms with Crippen LogP contribution in [0.15, 0.2) is 53.4 Å². The van der Waals surface area contributed by atoms with Gasteiger partial charge in [-0.15, -0.1) is 0 Å². The fourth-order valence-corrected chi connectivity index (χ4v) is 5.65. The molecule has 2 aliphatic heterocycles. The lowest BCUT2D eigenvalue weighted by atomic mass is 10.1. The van der Waals surface area contributed by atoms with Gasteiger partial charge in [-0.1, -0.05) is 30.3 Å². The van der Waals surface area contributed by atoms with Crippen LogP contribution >= 0.6 is 0 Å². The van der Waals surface area contributed by atoms with Crippen molar-refractivity contribution in [2.75, 3.05) is 31.1 Å². The first-order chi connectivity index (χ1) is 13.4. The first-order valence-corrected chi connectivity index (χ1v) is 11.0. The van der Waals surface area contributed by atoms with Gasteiger partial charge < -0.3 is 9.80 Å². The summed E-state index contributed by atoms with van der Waals surface area (Å²) < 4.78 is 27.3. The van der Waals surface area contributed by atoms with Crippen LogP contribution in [0.5, 0.6) is 0 Å². The maximum atomic E-state index is 12.9. The molecule has 6 nitrogen and oxygen atoms in total. The van der Waals surface area contributed by atoms with E-state index in [-0.39, 0.29) is 12.1 Å². The van der Waals surface area contributed by atoms with Crippen molar-refractivity contribution in [2.45, 2.75) is 30.8 Å². The summed E-state index contributed by atoms with van der Waals surface area (Å²) in [5, 5.41) is 0. The van der Waals surface area contributed by atoms with Gasteiger partial charge in [-0.25, -0.2) is 8.42 Å². The largest absolute Gasteiger partial charge is 0.367 e. The smallest absolute Gasteiger partial charge is 0.243 e. The minimum atomic E-state index is -3.52. The summed E-state index contributed by atoms with van der Waals surface area (Å²) in [6.07, 6.45) is 0.858. The first kappa shape index (κ1) is 19.0. The van der Waals surface area contributed by atoms with Gasteiger partial charge in [0.05, 0.1) is 17.0 Å². The van der Waals surface area contributed by atoms with Crippen molar-refractivity contribution in [2.24, 2.45) is 0 Å². The third-order valence-corrected chi connectivity index (χ3v) is 7.60. The monoisotopic (exact) mass is 399 g/mol. The Kier molecular flexibility index (Phi) is 4.89. The van der Waals surface area contributed by atoms with Crippen LogP contribution < -0.4 is 4.90 Å². The molecule has 0 N–H and O–H groups in total. The maximum Gasteiger partial charge on any atom is 0.243 e. The molecule has 0 aromatic heterocycles. The van der Waals surface area contributed by atoms with E-state index in [0.717, 1.165) is 18.6 Å². The summed E-state index contributed by atoms with van der Waals surface area (Å²) in [7, 11) is -3.52. The summed E-state index contributed by atoms with van der Waals surface area (Å²) in [4.78, 5) is 16.0. The molecule has 4 rings (SSSR count). The molecular weight excluding hydrogens is 374 g/mol. The first-order valence-electron chi connectivity index (χ1n) is 9.52. The lowest BCUT2D eigenvalue weighted by Crippen LogP contribution is -2.56. The third-order valence-electron chi connectivity index (χ3n) is 5.70. The predicted octanol–water partition coefficient (Wildman–Crippen LogP) is 2.02. The second-order valence-electron chi connectivity index (χ2n) is 7.60. The number of aryl methyl sites for hydroxylation is 2.